The molecule has 0 radical (unpaired) electrons. The lowest BCUT2D eigenvalue weighted by atomic mass is 9.85. The molecule has 8 rings (SSSR count). The Labute approximate surface area is 291 Å². The molecule has 6 nitrogen and oxygen atoms in total. The molecule has 0 fully saturated rings. The highest BCUT2D eigenvalue weighted by molar-refractivity contribution is 7.47. The van der Waals surface area contributed by atoms with Gasteiger partial charge in [0.2, 0.25) is 0 Å². The van der Waals surface area contributed by atoms with Gasteiger partial charge in [0.25, 0.3) is 0 Å². The van der Waals surface area contributed by atoms with Gasteiger partial charge in [0.05, 0.1) is 11.7 Å². The molecule has 1 atom stereocenters. The van der Waals surface area contributed by atoms with Crippen LogP contribution in [0.5, 0.6) is 0 Å². The van der Waals surface area contributed by atoms with Crippen molar-refractivity contribution in [2.24, 2.45) is 4.36 Å². The maximum Gasteiger partial charge on any atom is 0.164 e. The zero-order valence-corrected chi connectivity index (χ0v) is 27.9. The number of hydrogen-bond acceptors (Lipinski definition) is 7. The fourth-order valence-corrected chi connectivity index (χ4v) is 6.64. The van der Waals surface area contributed by atoms with Crippen molar-refractivity contribution in [1.29, 1.82) is 0 Å². The third kappa shape index (κ3) is 5.75. The number of aryl methyl sites for hydroxylation is 2. The molecule has 1 aromatic heterocycles. The second-order valence-electron chi connectivity index (χ2n) is 12.4. The number of rotatable bonds is 6. The Morgan fingerprint density at radius 2 is 1.16 bits per heavy atom. The van der Waals surface area contributed by atoms with Crippen molar-refractivity contribution in [3.05, 3.63) is 156 Å². The average Bonchev–Trinajstić information content (AvgIpc) is 3.15. The molecule has 1 unspecified atom stereocenters. The standard InChI is InChI=1S/C42H32N6S/c1-25-10-14-29(15-11-25)40-45-41(30-16-12-26(2)13-17-30)47-42(46-40)32-7-5-6-31(24-32)27-18-20-28(21-19-27)38-34-22-23-35(43)39(48-49)37(34)33-8-3-4-9-36(33)44-38/h3-24,38,44H,43H2,1-2H3. The van der Waals surface area contributed by atoms with Crippen molar-refractivity contribution in [3.8, 4) is 56.4 Å². The quantitative estimate of drug-likeness (QED) is 0.174. The number of hydrogen-bond donors (Lipinski definition) is 2. The number of fused-ring (bicyclic) bond motifs is 3. The van der Waals surface area contributed by atoms with Crippen LogP contribution in [0, 0.1) is 13.8 Å². The highest BCUT2D eigenvalue weighted by Gasteiger charge is 2.28. The second kappa shape index (κ2) is 12.5. The topological polar surface area (TPSA) is 89.1 Å². The molecule has 3 N–H and O–H groups in total. The molecular formula is C42H32N6S. The third-order valence-electron chi connectivity index (χ3n) is 9.09. The number of para-hydroxylation sites is 1. The van der Waals surface area contributed by atoms with Crippen LogP contribution < -0.4 is 11.1 Å². The molecule has 6 aromatic carbocycles. The van der Waals surface area contributed by atoms with Crippen LogP contribution >= 0.6 is 0 Å². The zero-order chi connectivity index (χ0) is 33.5. The molecule has 0 saturated heterocycles. The van der Waals surface area contributed by atoms with E-state index in [2.05, 4.69) is 139 Å². The number of nitrogens with one attached hydrogen (secondary N) is 1. The van der Waals surface area contributed by atoms with E-state index in [0.29, 0.717) is 28.8 Å². The molecule has 2 heterocycles. The van der Waals surface area contributed by atoms with Gasteiger partial charge in [-0.15, -0.1) is 0 Å². The maximum absolute atomic E-state index is 6.33. The van der Waals surface area contributed by atoms with Gasteiger partial charge < -0.3 is 11.1 Å². The average molecular weight is 653 g/mol. The molecular weight excluding hydrogens is 621 g/mol. The van der Waals surface area contributed by atoms with E-state index in [1.54, 1.807) is 0 Å². The van der Waals surface area contributed by atoms with E-state index in [9.17, 15) is 0 Å². The molecule has 1 aliphatic rings. The van der Waals surface area contributed by atoms with Crippen LogP contribution in [-0.2, 0) is 12.4 Å². The van der Waals surface area contributed by atoms with E-state index < -0.39 is 0 Å². The number of benzene rings is 6. The summed E-state index contributed by atoms with van der Waals surface area (Å²) in [6.07, 6.45) is 0. The fourth-order valence-electron chi connectivity index (χ4n) is 6.44. The van der Waals surface area contributed by atoms with Crippen molar-refractivity contribution in [3.63, 3.8) is 0 Å². The van der Waals surface area contributed by atoms with E-state index in [1.807, 2.05) is 18.2 Å². The van der Waals surface area contributed by atoms with Crippen LogP contribution in [0.1, 0.15) is 28.3 Å². The van der Waals surface area contributed by atoms with Crippen LogP contribution in [0.2, 0.25) is 0 Å². The Morgan fingerprint density at radius 3 is 1.80 bits per heavy atom. The molecule has 0 saturated carbocycles. The van der Waals surface area contributed by atoms with E-state index >= 15 is 0 Å². The highest BCUT2D eigenvalue weighted by atomic mass is 32.1. The van der Waals surface area contributed by atoms with Crippen molar-refractivity contribution in [2.45, 2.75) is 19.9 Å². The van der Waals surface area contributed by atoms with Gasteiger partial charge in [-0.25, -0.2) is 15.0 Å². The first-order valence-electron chi connectivity index (χ1n) is 16.2. The van der Waals surface area contributed by atoms with Crippen molar-refractivity contribution >= 4 is 29.5 Å². The Hall–Kier alpha value is -6.05. The predicted molar refractivity (Wildman–Crippen MR) is 202 cm³/mol. The lowest BCUT2D eigenvalue weighted by Crippen LogP contribution is -2.18. The summed E-state index contributed by atoms with van der Waals surface area (Å²) < 4.78 is 4.17. The Kier molecular flexibility index (Phi) is 7.74. The van der Waals surface area contributed by atoms with Gasteiger partial charge >= 0.3 is 0 Å². The van der Waals surface area contributed by atoms with E-state index in [1.165, 1.54) is 11.1 Å². The first kappa shape index (κ1) is 30.3. The maximum atomic E-state index is 6.33. The molecule has 236 valence electrons. The van der Waals surface area contributed by atoms with Gasteiger partial charge in [0, 0.05) is 45.9 Å². The number of nitrogen functional groups attached to an aromatic ring is 1. The summed E-state index contributed by atoms with van der Waals surface area (Å²) in [4.78, 5) is 14.8. The number of nitrogens with two attached hydrogens (primary N) is 1. The van der Waals surface area contributed by atoms with Crippen molar-refractivity contribution in [1.82, 2.24) is 15.0 Å². The highest BCUT2D eigenvalue weighted by Crippen LogP contribution is 2.49. The molecule has 0 spiro atoms. The molecule has 0 aliphatic carbocycles. The molecule has 7 heteroatoms. The van der Waals surface area contributed by atoms with Crippen LogP contribution in [0.3, 0.4) is 0 Å². The smallest absolute Gasteiger partial charge is 0.164 e. The minimum absolute atomic E-state index is 0.0907. The van der Waals surface area contributed by atoms with Gasteiger partial charge in [0.15, 0.2) is 17.5 Å². The van der Waals surface area contributed by atoms with Gasteiger partial charge in [0.1, 0.15) is 5.69 Å². The van der Waals surface area contributed by atoms with Crippen LogP contribution in [-0.4, -0.2) is 15.0 Å². The van der Waals surface area contributed by atoms with Gasteiger partial charge in [-0.2, -0.15) is 4.36 Å². The summed E-state index contributed by atoms with van der Waals surface area (Å²) in [5, 5.41) is 3.73. The summed E-state index contributed by atoms with van der Waals surface area (Å²) in [6.45, 7) is 4.15. The summed E-state index contributed by atoms with van der Waals surface area (Å²) in [5.41, 5.74) is 20.2. The Balaban J connectivity index is 1.16. The minimum Gasteiger partial charge on any atom is -0.397 e. The summed E-state index contributed by atoms with van der Waals surface area (Å²) in [7, 11) is 0. The summed E-state index contributed by atoms with van der Waals surface area (Å²) >= 11 is 5.18. The predicted octanol–water partition coefficient (Wildman–Crippen LogP) is 10.3. The van der Waals surface area contributed by atoms with E-state index in [-0.39, 0.29) is 6.04 Å². The van der Waals surface area contributed by atoms with Gasteiger partial charge in [-0.05, 0) is 54.3 Å². The number of nitrogens with zero attached hydrogens (tertiary/aromatic N) is 4. The fraction of sp³-hybridized carbons (Fsp3) is 0.0714. The molecule has 1 aliphatic heterocycles. The molecule has 0 amide bonds. The molecule has 0 bridgehead atoms. The van der Waals surface area contributed by atoms with Crippen LogP contribution in [0.15, 0.2) is 138 Å². The SMILES string of the molecule is Cc1ccc(-c2nc(-c3ccc(C)cc3)nc(-c3cccc(-c4ccc(C5Nc6ccccc6-c6c5ccc(N)c6N=S)cc4)c3)n2)cc1. The normalized spacial score (nSPS) is 13.2. The van der Waals surface area contributed by atoms with Crippen LogP contribution in [0.25, 0.3) is 56.4 Å². The third-order valence-corrected chi connectivity index (χ3v) is 9.28. The minimum atomic E-state index is -0.0907. The molecule has 7 aromatic rings. The van der Waals surface area contributed by atoms with Gasteiger partial charge in [-0.1, -0.05) is 126 Å². The number of aromatic nitrogens is 3. The Morgan fingerprint density at radius 1 is 0.592 bits per heavy atom. The summed E-state index contributed by atoms with van der Waals surface area (Å²) in [6, 6.07) is 45.7. The largest absolute Gasteiger partial charge is 0.397 e. The monoisotopic (exact) mass is 652 g/mol. The zero-order valence-electron chi connectivity index (χ0n) is 27.1. The lowest BCUT2D eigenvalue weighted by Gasteiger charge is -2.31. The first-order chi connectivity index (χ1) is 23.9. The first-order valence-corrected chi connectivity index (χ1v) is 16.5. The van der Waals surface area contributed by atoms with Crippen molar-refractivity contribution < 1.29 is 0 Å². The van der Waals surface area contributed by atoms with E-state index in [4.69, 9.17) is 33.1 Å². The lowest BCUT2D eigenvalue weighted by molar-refractivity contribution is 0.930. The van der Waals surface area contributed by atoms with Crippen molar-refractivity contribution in [2.75, 3.05) is 11.1 Å². The Bertz CT molecular complexity index is 2290. The number of anilines is 2. The van der Waals surface area contributed by atoms with Gasteiger partial charge in [-0.3, -0.25) is 0 Å². The molecule has 49 heavy (non-hydrogen) atoms. The van der Waals surface area contributed by atoms with Crippen LogP contribution in [0.4, 0.5) is 17.1 Å². The van der Waals surface area contributed by atoms with E-state index in [0.717, 1.165) is 55.8 Å². The second-order valence-corrected chi connectivity index (χ2v) is 12.6. The summed E-state index contributed by atoms with van der Waals surface area (Å²) in [5.74, 6) is 1.92.